The number of carbonyl (C=O) groups excluding carboxylic acids is 1. The van der Waals surface area contributed by atoms with Crippen molar-refractivity contribution in [3.8, 4) is 22.6 Å². The van der Waals surface area contributed by atoms with E-state index in [2.05, 4.69) is 9.88 Å². The maximum atomic E-state index is 11.3. The number of aliphatic hydroxyl groups excluding tert-OH is 1. The molecule has 0 radical (unpaired) electrons. The van der Waals surface area contributed by atoms with E-state index < -0.39 is 6.10 Å². The van der Waals surface area contributed by atoms with Crippen LogP contribution in [0.25, 0.3) is 21.9 Å². The van der Waals surface area contributed by atoms with Crippen LogP contribution in [0.1, 0.15) is 12.8 Å². The molecule has 4 rings (SSSR count). The van der Waals surface area contributed by atoms with Crippen molar-refractivity contribution in [1.82, 2.24) is 9.88 Å². The molecule has 2 heterocycles. The summed E-state index contributed by atoms with van der Waals surface area (Å²) in [5.74, 6) is 1.20. The van der Waals surface area contributed by atoms with Gasteiger partial charge in [-0.05, 0) is 55.1 Å². The minimum Gasteiger partial charge on any atom is -0.496 e. The van der Waals surface area contributed by atoms with Crippen LogP contribution in [-0.2, 0) is 4.79 Å². The summed E-state index contributed by atoms with van der Waals surface area (Å²) in [5, 5.41) is 12.5. The van der Waals surface area contributed by atoms with Gasteiger partial charge in [0, 0.05) is 35.8 Å². The van der Waals surface area contributed by atoms with Gasteiger partial charge in [0.25, 0.3) is 0 Å². The van der Waals surface area contributed by atoms with Crippen molar-refractivity contribution >= 4 is 16.7 Å². The van der Waals surface area contributed by atoms with Crippen LogP contribution in [0.15, 0.2) is 54.9 Å². The van der Waals surface area contributed by atoms with E-state index in [1.165, 1.54) is 0 Å². The third-order valence-corrected chi connectivity index (χ3v) is 6.07. The second-order valence-electron chi connectivity index (χ2n) is 8.17. The molecule has 1 fully saturated rings. The number of rotatable bonds is 8. The zero-order valence-corrected chi connectivity index (χ0v) is 18.2. The molecule has 2 aromatic carbocycles. The first-order valence-corrected chi connectivity index (χ1v) is 10.9. The minimum absolute atomic E-state index is 0.0528. The molecule has 1 aromatic heterocycles. The fourth-order valence-electron chi connectivity index (χ4n) is 4.33. The number of aromatic nitrogens is 1. The van der Waals surface area contributed by atoms with Gasteiger partial charge < -0.3 is 25.2 Å². The predicted octanol–water partition coefficient (Wildman–Crippen LogP) is 2.85. The summed E-state index contributed by atoms with van der Waals surface area (Å²) < 4.78 is 11.5. The van der Waals surface area contributed by atoms with Crippen LogP contribution in [0.2, 0.25) is 0 Å². The molecule has 3 N–H and O–H groups in total. The quantitative estimate of drug-likeness (QED) is 0.565. The van der Waals surface area contributed by atoms with Crippen molar-refractivity contribution in [3.63, 3.8) is 0 Å². The van der Waals surface area contributed by atoms with Gasteiger partial charge >= 0.3 is 0 Å². The molecule has 3 aromatic rings. The number of piperidine rings is 1. The van der Waals surface area contributed by atoms with Crippen LogP contribution in [0.3, 0.4) is 0 Å². The third-order valence-electron chi connectivity index (χ3n) is 6.07. The maximum absolute atomic E-state index is 11.3. The van der Waals surface area contributed by atoms with Gasteiger partial charge in [0.1, 0.15) is 24.2 Å². The zero-order chi connectivity index (χ0) is 22.5. The number of amides is 1. The summed E-state index contributed by atoms with van der Waals surface area (Å²) >= 11 is 0. The molecule has 0 aliphatic carbocycles. The van der Waals surface area contributed by atoms with Gasteiger partial charge in [-0.1, -0.05) is 24.3 Å². The number of hydrogen-bond acceptors (Lipinski definition) is 6. The molecule has 7 heteroatoms. The molecular weight excluding hydrogens is 406 g/mol. The number of benzene rings is 2. The first-order chi connectivity index (χ1) is 15.6. The number of carbonyl (C=O) groups is 1. The van der Waals surface area contributed by atoms with Crippen LogP contribution < -0.4 is 15.2 Å². The van der Waals surface area contributed by atoms with E-state index in [1.807, 2.05) is 42.5 Å². The van der Waals surface area contributed by atoms with Crippen LogP contribution in [0.5, 0.6) is 11.5 Å². The Morgan fingerprint density at radius 2 is 1.88 bits per heavy atom. The molecule has 0 bridgehead atoms. The largest absolute Gasteiger partial charge is 0.496 e. The average molecular weight is 436 g/mol. The molecule has 1 aliphatic rings. The van der Waals surface area contributed by atoms with Crippen LogP contribution >= 0.6 is 0 Å². The fraction of sp³-hybridized carbons (Fsp3) is 0.360. The highest BCUT2D eigenvalue weighted by Crippen LogP contribution is 2.38. The van der Waals surface area contributed by atoms with E-state index in [-0.39, 0.29) is 18.4 Å². The second-order valence-corrected chi connectivity index (χ2v) is 8.17. The SMILES string of the molecule is COc1ccncc1-c1ccc(OCC(O)CN2CCC(C(N)=O)CC2)c2ccccc12. The Kier molecular flexibility index (Phi) is 6.87. The summed E-state index contributed by atoms with van der Waals surface area (Å²) in [4.78, 5) is 17.7. The van der Waals surface area contributed by atoms with Gasteiger partial charge in [-0.25, -0.2) is 0 Å². The Balaban J connectivity index is 1.46. The maximum Gasteiger partial charge on any atom is 0.220 e. The Bertz CT molecular complexity index is 1080. The molecule has 1 saturated heterocycles. The molecule has 168 valence electrons. The number of pyridine rings is 1. The number of fused-ring (bicyclic) bond motifs is 1. The van der Waals surface area contributed by atoms with Crippen LogP contribution in [0, 0.1) is 5.92 Å². The molecule has 0 saturated carbocycles. The van der Waals surface area contributed by atoms with Crippen molar-refractivity contribution < 1.29 is 19.4 Å². The molecular formula is C25H29N3O4. The Hall–Kier alpha value is -3.16. The molecule has 7 nitrogen and oxygen atoms in total. The van der Waals surface area contributed by atoms with Crippen molar-refractivity contribution in [2.75, 3.05) is 33.4 Å². The number of aliphatic hydroxyl groups is 1. The van der Waals surface area contributed by atoms with Gasteiger partial charge in [0.2, 0.25) is 5.91 Å². The highest BCUT2D eigenvalue weighted by molar-refractivity contribution is 6.01. The lowest BCUT2D eigenvalue weighted by molar-refractivity contribution is -0.123. The number of methoxy groups -OCH3 is 1. The van der Waals surface area contributed by atoms with Gasteiger partial charge in [0.05, 0.1) is 7.11 Å². The molecule has 1 amide bonds. The molecule has 32 heavy (non-hydrogen) atoms. The summed E-state index contributed by atoms with van der Waals surface area (Å²) in [7, 11) is 1.65. The number of nitrogens with zero attached hydrogens (tertiary/aromatic N) is 2. The Morgan fingerprint density at radius 3 is 2.59 bits per heavy atom. The van der Waals surface area contributed by atoms with Crippen molar-refractivity contribution in [3.05, 3.63) is 54.9 Å². The number of hydrogen-bond donors (Lipinski definition) is 2. The normalized spacial score (nSPS) is 16.1. The van der Waals surface area contributed by atoms with E-state index in [0.29, 0.717) is 6.54 Å². The highest BCUT2D eigenvalue weighted by Gasteiger charge is 2.24. The third kappa shape index (κ3) is 4.84. The van der Waals surface area contributed by atoms with E-state index in [9.17, 15) is 9.90 Å². The van der Waals surface area contributed by atoms with Gasteiger partial charge in [-0.2, -0.15) is 0 Å². The average Bonchev–Trinajstić information content (AvgIpc) is 2.83. The Labute approximate surface area is 187 Å². The summed E-state index contributed by atoms with van der Waals surface area (Å²) in [5.41, 5.74) is 7.32. The van der Waals surface area contributed by atoms with Crippen molar-refractivity contribution in [1.29, 1.82) is 0 Å². The number of likely N-dealkylation sites (tertiary alicyclic amines) is 1. The minimum atomic E-state index is -0.628. The second kappa shape index (κ2) is 9.97. The summed E-state index contributed by atoms with van der Waals surface area (Å²) in [6, 6.07) is 13.8. The zero-order valence-electron chi connectivity index (χ0n) is 18.2. The summed E-state index contributed by atoms with van der Waals surface area (Å²) in [6.07, 6.45) is 4.36. The van der Waals surface area contributed by atoms with Crippen LogP contribution in [0.4, 0.5) is 0 Å². The number of primary amides is 1. The molecule has 1 unspecified atom stereocenters. The lowest BCUT2D eigenvalue weighted by Gasteiger charge is -2.31. The first-order valence-electron chi connectivity index (χ1n) is 10.9. The lowest BCUT2D eigenvalue weighted by Crippen LogP contribution is -2.43. The number of ether oxygens (including phenoxy) is 2. The highest BCUT2D eigenvalue weighted by atomic mass is 16.5. The fourth-order valence-corrected chi connectivity index (χ4v) is 4.33. The first kappa shape index (κ1) is 22.0. The molecule has 1 aliphatic heterocycles. The van der Waals surface area contributed by atoms with Gasteiger partial charge in [-0.3, -0.25) is 9.78 Å². The molecule has 1 atom stereocenters. The van der Waals surface area contributed by atoms with Gasteiger partial charge in [-0.15, -0.1) is 0 Å². The standard InChI is InChI=1S/C25H29N3O4/c1-31-23-8-11-27-14-22(23)20-6-7-24(21-5-3-2-4-19(20)21)32-16-18(29)15-28-12-9-17(10-13-28)25(26)30/h2-8,11,14,17-18,29H,9-10,12-13,15-16H2,1H3,(H2,26,30). The van der Waals surface area contributed by atoms with E-state index in [0.717, 1.165) is 59.3 Å². The molecule has 0 spiro atoms. The monoisotopic (exact) mass is 435 g/mol. The topological polar surface area (TPSA) is 97.9 Å². The van der Waals surface area contributed by atoms with Crippen LogP contribution in [-0.4, -0.2) is 60.4 Å². The van der Waals surface area contributed by atoms with E-state index >= 15 is 0 Å². The van der Waals surface area contributed by atoms with E-state index in [1.54, 1.807) is 19.5 Å². The van der Waals surface area contributed by atoms with Crippen molar-refractivity contribution in [2.24, 2.45) is 11.7 Å². The van der Waals surface area contributed by atoms with E-state index in [4.69, 9.17) is 15.2 Å². The predicted molar refractivity (Wildman–Crippen MR) is 124 cm³/mol. The number of β-amino-alcohol motifs (C(OH)–C–C–N with tert-alkyl or cyclic N) is 1. The summed E-state index contributed by atoms with van der Waals surface area (Å²) in [6.45, 7) is 2.22. The van der Waals surface area contributed by atoms with Gasteiger partial charge in [0.15, 0.2) is 0 Å². The smallest absolute Gasteiger partial charge is 0.220 e. The lowest BCUT2D eigenvalue weighted by atomic mass is 9.96. The number of nitrogens with two attached hydrogens (primary N) is 1. The Morgan fingerprint density at radius 1 is 1.12 bits per heavy atom. The van der Waals surface area contributed by atoms with Crippen molar-refractivity contribution in [2.45, 2.75) is 18.9 Å².